The Labute approximate surface area is 136 Å². The second-order valence-electron chi connectivity index (χ2n) is 4.69. The topological polar surface area (TPSA) is 17.8 Å². The molecule has 2 nitrogen and oxygen atoms in total. The molecule has 6 heteroatoms. The number of imidazole rings is 1. The van der Waals surface area contributed by atoms with E-state index in [1.807, 2.05) is 4.57 Å². The average Bonchev–Trinajstić information content (AvgIpc) is 2.80. The van der Waals surface area contributed by atoms with Crippen molar-refractivity contribution in [3.05, 3.63) is 57.6 Å². The van der Waals surface area contributed by atoms with Crippen LogP contribution in [-0.4, -0.2) is 9.55 Å². The van der Waals surface area contributed by atoms with E-state index in [0.29, 0.717) is 26.9 Å². The van der Waals surface area contributed by atoms with Crippen LogP contribution in [0.4, 0.5) is 4.39 Å². The average molecular weight is 344 g/mol. The number of aryl methyl sites for hydroxylation is 1. The highest BCUT2D eigenvalue weighted by Crippen LogP contribution is 2.31. The van der Waals surface area contributed by atoms with Crippen molar-refractivity contribution in [3.63, 3.8) is 0 Å². The van der Waals surface area contributed by atoms with Gasteiger partial charge in [-0.05, 0) is 42.8 Å². The third-order valence-electron chi connectivity index (χ3n) is 3.29. The van der Waals surface area contributed by atoms with Crippen LogP contribution in [-0.2, 0) is 5.88 Å². The Bertz CT molecular complexity index is 843. The Morgan fingerprint density at radius 1 is 1.14 bits per heavy atom. The first-order valence-corrected chi connectivity index (χ1v) is 7.49. The molecule has 0 saturated carbocycles. The second kappa shape index (κ2) is 5.48. The Kier molecular flexibility index (Phi) is 3.82. The molecule has 0 fully saturated rings. The van der Waals surface area contributed by atoms with E-state index in [4.69, 9.17) is 34.8 Å². The van der Waals surface area contributed by atoms with Gasteiger partial charge in [0.15, 0.2) is 0 Å². The summed E-state index contributed by atoms with van der Waals surface area (Å²) >= 11 is 18.1. The smallest absolute Gasteiger partial charge is 0.129 e. The van der Waals surface area contributed by atoms with Crippen molar-refractivity contribution in [1.82, 2.24) is 9.55 Å². The van der Waals surface area contributed by atoms with Crippen molar-refractivity contribution in [1.29, 1.82) is 0 Å². The van der Waals surface area contributed by atoms with E-state index < -0.39 is 0 Å². The van der Waals surface area contributed by atoms with E-state index in [2.05, 4.69) is 4.98 Å². The van der Waals surface area contributed by atoms with Crippen molar-refractivity contribution in [3.8, 4) is 5.69 Å². The fraction of sp³-hybridized carbons (Fsp3) is 0.133. The highest BCUT2D eigenvalue weighted by atomic mass is 35.5. The fourth-order valence-corrected chi connectivity index (χ4v) is 2.76. The van der Waals surface area contributed by atoms with Gasteiger partial charge in [0.25, 0.3) is 0 Å². The molecule has 0 N–H and O–H groups in total. The summed E-state index contributed by atoms with van der Waals surface area (Å²) in [5.74, 6) is 0.619. The number of fused-ring (bicyclic) bond motifs is 1. The summed E-state index contributed by atoms with van der Waals surface area (Å²) in [5.41, 5.74) is 2.81. The van der Waals surface area contributed by atoms with Crippen LogP contribution in [0.15, 0.2) is 30.3 Å². The number of alkyl halides is 1. The van der Waals surface area contributed by atoms with Crippen molar-refractivity contribution < 1.29 is 4.39 Å². The van der Waals surface area contributed by atoms with E-state index in [-0.39, 0.29) is 11.7 Å². The molecule has 3 rings (SSSR count). The molecule has 0 aliphatic heterocycles. The number of benzene rings is 2. The van der Waals surface area contributed by atoms with Crippen molar-refractivity contribution in [2.24, 2.45) is 0 Å². The van der Waals surface area contributed by atoms with Gasteiger partial charge in [-0.25, -0.2) is 9.37 Å². The third-order valence-corrected chi connectivity index (χ3v) is 4.25. The lowest BCUT2D eigenvalue weighted by Gasteiger charge is -2.09. The fourth-order valence-electron chi connectivity index (χ4n) is 2.27. The monoisotopic (exact) mass is 342 g/mol. The summed E-state index contributed by atoms with van der Waals surface area (Å²) in [5, 5.41) is 0.871. The third kappa shape index (κ3) is 2.50. The van der Waals surface area contributed by atoms with E-state index in [0.717, 1.165) is 11.2 Å². The lowest BCUT2D eigenvalue weighted by atomic mass is 10.2. The molecule has 2 aromatic carbocycles. The molecule has 0 aliphatic rings. The summed E-state index contributed by atoms with van der Waals surface area (Å²) < 4.78 is 15.3. The SMILES string of the molecule is Cc1cc(-n2c(CCl)nc3cc(Cl)c(Cl)cc32)ccc1F. The lowest BCUT2D eigenvalue weighted by molar-refractivity contribution is 0.618. The number of halogens is 4. The standard InChI is InChI=1S/C15H10Cl3FN2/c1-8-4-9(2-3-12(8)19)21-14-6-11(18)10(17)5-13(14)20-15(21)7-16/h2-6H,7H2,1H3. The van der Waals surface area contributed by atoms with Crippen LogP contribution in [0.3, 0.4) is 0 Å². The first-order chi connectivity index (χ1) is 10.0. The molecule has 0 bridgehead atoms. The number of rotatable bonds is 2. The largest absolute Gasteiger partial charge is 0.295 e. The van der Waals surface area contributed by atoms with Gasteiger partial charge in [0.2, 0.25) is 0 Å². The molecule has 0 aliphatic carbocycles. The number of hydrogen-bond donors (Lipinski definition) is 0. The maximum Gasteiger partial charge on any atom is 0.129 e. The zero-order valence-electron chi connectivity index (χ0n) is 11.0. The normalized spacial score (nSPS) is 11.3. The Morgan fingerprint density at radius 2 is 1.86 bits per heavy atom. The first-order valence-electron chi connectivity index (χ1n) is 6.20. The summed E-state index contributed by atoms with van der Waals surface area (Å²) in [4.78, 5) is 4.46. The second-order valence-corrected chi connectivity index (χ2v) is 5.77. The molecule has 1 heterocycles. The highest BCUT2D eigenvalue weighted by molar-refractivity contribution is 6.42. The zero-order valence-corrected chi connectivity index (χ0v) is 13.3. The minimum atomic E-state index is -0.253. The van der Waals surface area contributed by atoms with Crippen LogP contribution in [0.2, 0.25) is 10.0 Å². The van der Waals surface area contributed by atoms with Gasteiger partial charge >= 0.3 is 0 Å². The molecule has 0 amide bonds. The predicted molar refractivity (Wildman–Crippen MR) is 85.3 cm³/mol. The van der Waals surface area contributed by atoms with Gasteiger partial charge < -0.3 is 0 Å². The molecule has 0 radical (unpaired) electrons. The van der Waals surface area contributed by atoms with Crippen LogP contribution in [0, 0.1) is 12.7 Å². The van der Waals surface area contributed by atoms with E-state index >= 15 is 0 Å². The number of aromatic nitrogens is 2. The highest BCUT2D eigenvalue weighted by Gasteiger charge is 2.14. The van der Waals surface area contributed by atoms with E-state index in [1.54, 1.807) is 31.2 Å². The maximum atomic E-state index is 13.5. The molecular formula is C15H10Cl3FN2. The molecule has 0 spiro atoms. The van der Waals surface area contributed by atoms with Gasteiger partial charge in [0.05, 0.1) is 27.0 Å². The van der Waals surface area contributed by atoms with Gasteiger partial charge in [0.1, 0.15) is 11.6 Å². The Hall–Kier alpha value is -1.29. The maximum absolute atomic E-state index is 13.5. The number of nitrogens with zero attached hydrogens (tertiary/aromatic N) is 2. The van der Waals surface area contributed by atoms with Gasteiger partial charge in [-0.2, -0.15) is 0 Å². The Morgan fingerprint density at radius 3 is 2.52 bits per heavy atom. The molecule has 0 atom stereocenters. The van der Waals surface area contributed by atoms with E-state index in [9.17, 15) is 4.39 Å². The minimum Gasteiger partial charge on any atom is -0.295 e. The van der Waals surface area contributed by atoms with Gasteiger partial charge in [0, 0.05) is 5.69 Å². The number of hydrogen-bond acceptors (Lipinski definition) is 1. The summed E-state index contributed by atoms with van der Waals surface area (Å²) in [7, 11) is 0. The van der Waals surface area contributed by atoms with Crippen LogP contribution in [0.1, 0.15) is 11.4 Å². The Balaban J connectivity index is 2.34. The zero-order chi connectivity index (χ0) is 15.1. The molecule has 3 aromatic rings. The van der Waals surface area contributed by atoms with Gasteiger partial charge in [-0.1, -0.05) is 23.2 Å². The molecule has 108 valence electrons. The molecule has 1 aromatic heterocycles. The molecule has 0 unspecified atom stereocenters. The van der Waals surface area contributed by atoms with Crippen molar-refractivity contribution in [2.45, 2.75) is 12.8 Å². The van der Waals surface area contributed by atoms with E-state index in [1.165, 1.54) is 6.07 Å². The van der Waals surface area contributed by atoms with Crippen molar-refractivity contribution in [2.75, 3.05) is 0 Å². The summed E-state index contributed by atoms with van der Waals surface area (Å²) in [6, 6.07) is 8.28. The van der Waals surface area contributed by atoms with Crippen LogP contribution < -0.4 is 0 Å². The quantitative estimate of drug-likeness (QED) is 0.560. The van der Waals surface area contributed by atoms with Crippen LogP contribution in [0.5, 0.6) is 0 Å². The van der Waals surface area contributed by atoms with Crippen molar-refractivity contribution >= 4 is 45.8 Å². The summed E-state index contributed by atoms with van der Waals surface area (Å²) in [6.45, 7) is 1.71. The molecule has 21 heavy (non-hydrogen) atoms. The predicted octanol–water partition coefficient (Wildman–Crippen LogP) is 5.52. The first kappa shape index (κ1) is 14.6. The summed E-state index contributed by atoms with van der Waals surface area (Å²) in [6.07, 6.45) is 0. The van der Waals surface area contributed by atoms with Gasteiger partial charge in [-0.3, -0.25) is 4.57 Å². The molecular weight excluding hydrogens is 334 g/mol. The minimum absolute atomic E-state index is 0.223. The van der Waals surface area contributed by atoms with Crippen LogP contribution >= 0.6 is 34.8 Å². The van der Waals surface area contributed by atoms with Crippen LogP contribution in [0.25, 0.3) is 16.7 Å². The molecule has 0 saturated heterocycles. The van der Waals surface area contributed by atoms with Gasteiger partial charge in [-0.15, -0.1) is 11.6 Å². The lowest BCUT2D eigenvalue weighted by Crippen LogP contribution is -2.00.